The van der Waals surface area contributed by atoms with Crippen LogP contribution in [0.2, 0.25) is 0 Å². The minimum atomic E-state index is -0.934. The van der Waals surface area contributed by atoms with E-state index < -0.39 is 29.5 Å². The molecule has 0 spiro atoms. The highest BCUT2D eigenvalue weighted by atomic mass is 19.1. The fraction of sp³-hybridized carbons (Fsp3) is 0.222. The summed E-state index contributed by atoms with van der Waals surface area (Å²) in [6.07, 6.45) is 0. The van der Waals surface area contributed by atoms with Crippen LogP contribution in [0.3, 0.4) is 0 Å². The van der Waals surface area contributed by atoms with Gasteiger partial charge in [-0.2, -0.15) is 0 Å². The van der Waals surface area contributed by atoms with Crippen molar-refractivity contribution < 1.29 is 18.4 Å². The third-order valence-corrected chi connectivity index (χ3v) is 3.49. The third-order valence-electron chi connectivity index (χ3n) is 3.49. The fourth-order valence-electron chi connectivity index (χ4n) is 2.17. The largest absolute Gasteiger partial charge is 0.340 e. The molecule has 0 fully saturated rings. The Labute approximate surface area is 138 Å². The topological polar surface area (TPSA) is 58.2 Å². The Morgan fingerprint density at radius 2 is 1.50 bits per heavy atom. The van der Waals surface area contributed by atoms with Crippen LogP contribution in [-0.4, -0.2) is 17.9 Å². The average Bonchev–Trinajstić information content (AvgIpc) is 2.54. The highest BCUT2D eigenvalue weighted by Crippen LogP contribution is 2.15. The van der Waals surface area contributed by atoms with Crippen LogP contribution in [0, 0.1) is 17.6 Å². The number of rotatable bonds is 5. The maximum absolute atomic E-state index is 13.7. The summed E-state index contributed by atoms with van der Waals surface area (Å²) < 4.78 is 27.3. The van der Waals surface area contributed by atoms with E-state index in [0.717, 1.165) is 0 Å². The van der Waals surface area contributed by atoms with Crippen molar-refractivity contribution in [3.63, 3.8) is 0 Å². The molecule has 0 saturated heterocycles. The van der Waals surface area contributed by atoms with Gasteiger partial charge in [-0.15, -0.1) is 0 Å². The van der Waals surface area contributed by atoms with Crippen molar-refractivity contribution in [2.24, 2.45) is 5.92 Å². The summed E-state index contributed by atoms with van der Waals surface area (Å²) in [4.78, 5) is 24.6. The predicted octanol–water partition coefficient (Wildman–Crippen LogP) is 3.36. The molecule has 2 aromatic carbocycles. The average molecular weight is 332 g/mol. The second-order valence-corrected chi connectivity index (χ2v) is 5.64. The molecule has 0 aromatic heterocycles. The van der Waals surface area contributed by atoms with Gasteiger partial charge in [0.15, 0.2) is 0 Å². The van der Waals surface area contributed by atoms with E-state index in [9.17, 15) is 18.4 Å². The fourth-order valence-corrected chi connectivity index (χ4v) is 2.17. The standard InChI is InChI=1S/C18H18F2N2O2/c1-11(2)16(18(24)21-15-10-6-5-9-14(15)20)22-17(23)12-7-3-4-8-13(12)19/h3-11,16H,1-2H3,(H,21,24)(H,22,23). The van der Waals surface area contributed by atoms with Crippen LogP contribution in [0.5, 0.6) is 0 Å². The molecular formula is C18H18F2N2O2. The lowest BCUT2D eigenvalue weighted by Gasteiger charge is -2.22. The first-order valence-corrected chi connectivity index (χ1v) is 7.51. The van der Waals surface area contributed by atoms with Crippen LogP contribution in [0.25, 0.3) is 0 Å². The molecule has 0 saturated carbocycles. The Balaban J connectivity index is 2.15. The van der Waals surface area contributed by atoms with Gasteiger partial charge in [-0.05, 0) is 30.2 Å². The predicted molar refractivity (Wildman–Crippen MR) is 87.5 cm³/mol. The van der Waals surface area contributed by atoms with Gasteiger partial charge in [0.25, 0.3) is 5.91 Å². The molecule has 2 amide bonds. The molecule has 4 nitrogen and oxygen atoms in total. The number of hydrogen-bond donors (Lipinski definition) is 2. The van der Waals surface area contributed by atoms with Crippen molar-refractivity contribution in [3.8, 4) is 0 Å². The number of carbonyl (C=O) groups excluding carboxylic acids is 2. The van der Waals surface area contributed by atoms with Crippen LogP contribution in [0.4, 0.5) is 14.5 Å². The molecule has 0 heterocycles. The molecule has 0 bridgehead atoms. The number of halogens is 2. The third kappa shape index (κ3) is 4.16. The van der Waals surface area contributed by atoms with Crippen molar-refractivity contribution in [2.45, 2.75) is 19.9 Å². The summed E-state index contributed by atoms with van der Waals surface area (Å²) in [5.74, 6) is -2.79. The van der Waals surface area contributed by atoms with Gasteiger partial charge in [0.05, 0.1) is 11.3 Å². The SMILES string of the molecule is CC(C)C(NC(=O)c1ccccc1F)C(=O)Nc1ccccc1F. The van der Waals surface area contributed by atoms with E-state index in [0.29, 0.717) is 0 Å². The lowest BCUT2D eigenvalue weighted by atomic mass is 10.0. The Bertz CT molecular complexity index is 747. The summed E-state index contributed by atoms with van der Waals surface area (Å²) in [5.41, 5.74) is -0.130. The first kappa shape index (κ1) is 17.6. The van der Waals surface area contributed by atoms with Crippen molar-refractivity contribution in [1.82, 2.24) is 5.32 Å². The highest BCUT2D eigenvalue weighted by molar-refractivity contribution is 6.01. The van der Waals surface area contributed by atoms with E-state index >= 15 is 0 Å². The number of carbonyl (C=O) groups is 2. The van der Waals surface area contributed by atoms with Gasteiger partial charge in [-0.1, -0.05) is 38.1 Å². The van der Waals surface area contributed by atoms with Crippen molar-refractivity contribution in [2.75, 3.05) is 5.32 Å². The molecule has 2 rings (SSSR count). The van der Waals surface area contributed by atoms with E-state index in [2.05, 4.69) is 10.6 Å². The maximum atomic E-state index is 13.7. The summed E-state index contributed by atoms with van der Waals surface area (Å²) in [5, 5.41) is 4.94. The maximum Gasteiger partial charge on any atom is 0.254 e. The summed E-state index contributed by atoms with van der Waals surface area (Å²) in [7, 11) is 0. The van der Waals surface area contributed by atoms with Crippen LogP contribution in [0.15, 0.2) is 48.5 Å². The zero-order valence-corrected chi connectivity index (χ0v) is 13.3. The van der Waals surface area contributed by atoms with Gasteiger partial charge >= 0.3 is 0 Å². The molecule has 6 heteroatoms. The van der Waals surface area contributed by atoms with Crippen molar-refractivity contribution >= 4 is 17.5 Å². The minimum Gasteiger partial charge on any atom is -0.340 e. The second-order valence-electron chi connectivity index (χ2n) is 5.64. The lowest BCUT2D eigenvalue weighted by Crippen LogP contribution is -2.47. The quantitative estimate of drug-likeness (QED) is 0.882. The molecule has 1 atom stereocenters. The van der Waals surface area contributed by atoms with Crippen LogP contribution in [-0.2, 0) is 4.79 Å². The van der Waals surface area contributed by atoms with Gasteiger partial charge in [0.1, 0.15) is 17.7 Å². The molecule has 2 aromatic rings. The Kier molecular flexibility index (Phi) is 5.63. The first-order chi connectivity index (χ1) is 11.4. The molecule has 0 aliphatic heterocycles. The normalized spacial score (nSPS) is 11.9. The summed E-state index contributed by atoms with van der Waals surface area (Å²) in [6, 6.07) is 10.3. The van der Waals surface area contributed by atoms with E-state index in [1.165, 1.54) is 42.5 Å². The van der Waals surface area contributed by atoms with Crippen LogP contribution >= 0.6 is 0 Å². The molecule has 0 radical (unpaired) electrons. The number of amides is 2. The van der Waals surface area contributed by atoms with Crippen LogP contribution in [0.1, 0.15) is 24.2 Å². The Morgan fingerprint density at radius 3 is 2.08 bits per heavy atom. The molecule has 24 heavy (non-hydrogen) atoms. The number of hydrogen-bond acceptors (Lipinski definition) is 2. The van der Waals surface area contributed by atoms with Gasteiger partial charge in [-0.3, -0.25) is 9.59 Å². The second kappa shape index (κ2) is 7.68. The number of nitrogens with one attached hydrogen (secondary N) is 2. The van der Waals surface area contributed by atoms with E-state index in [-0.39, 0.29) is 17.2 Å². The molecular weight excluding hydrogens is 314 g/mol. The molecule has 2 N–H and O–H groups in total. The van der Waals surface area contributed by atoms with E-state index in [1.807, 2.05) is 0 Å². The smallest absolute Gasteiger partial charge is 0.254 e. The highest BCUT2D eigenvalue weighted by Gasteiger charge is 2.26. The van der Waals surface area contributed by atoms with Gasteiger partial charge in [-0.25, -0.2) is 8.78 Å². The Hall–Kier alpha value is -2.76. The number of anilines is 1. The molecule has 0 aliphatic carbocycles. The van der Waals surface area contributed by atoms with Gasteiger partial charge in [0.2, 0.25) is 5.91 Å². The van der Waals surface area contributed by atoms with Gasteiger partial charge in [0, 0.05) is 0 Å². The number of benzene rings is 2. The monoisotopic (exact) mass is 332 g/mol. The van der Waals surface area contributed by atoms with E-state index in [4.69, 9.17) is 0 Å². The first-order valence-electron chi connectivity index (χ1n) is 7.51. The number of para-hydroxylation sites is 1. The summed E-state index contributed by atoms with van der Waals surface area (Å²) >= 11 is 0. The minimum absolute atomic E-state index is 0.0216. The molecule has 0 aliphatic rings. The lowest BCUT2D eigenvalue weighted by molar-refractivity contribution is -0.118. The zero-order chi connectivity index (χ0) is 17.7. The van der Waals surface area contributed by atoms with Gasteiger partial charge < -0.3 is 10.6 Å². The molecule has 126 valence electrons. The van der Waals surface area contributed by atoms with Crippen molar-refractivity contribution in [3.05, 3.63) is 65.7 Å². The van der Waals surface area contributed by atoms with Crippen molar-refractivity contribution in [1.29, 1.82) is 0 Å². The Morgan fingerprint density at radius 1 is 0.917 bits per heavy atom. The van der Waals surface area contributed by atoms with E-state index in [1.54, 1.807) is 19.9 Å². The summed E-state index contributed by atoms with van der Waals surface area (Å²) in [6.45, 7) is 3.46. The van der Waals surface area contributed by atoms with Crippen LogP contribution < -0.4 is 10.6 Å². The zero-order valence-electron chi connectivity index (χ0n) is 13.3. The molecule has 1 unspecified atom stereocenters.